The molecule has 6 nitrogen and oxygen atoms in total. The molecule has 0 fully saturated rings. The lowest BCUT2D eigenvalue weighted by molar-refractivity contribution is 0.769. The summed E-state index contributed by atoms with van der Waals surface area (Å²) in [5, 5.41) is 19.7. The molecule has 0 saturated carbocycles. The molecule has 4 rings (SSSR count). The van der Waals surface area contributed by atoms with Gasteiger partial charge < -0.3 is 0 Å². The largest absolute Gasteiger partial charge is 0.197 e. The van der Waals surface area contributed by atoms with Crippen LogP contribution in [0.3, 0.4) is 0 Å². The third-order valence-electron chi connectivity index (χ3n) is 2.83. The number of H-pyrrole nitrogens is 1. The summed E-state index contributed by atoms with van der Waals surface area (Å²) in [6, 6.07) is 13.5. The monoisotopic (exact) mass is 236 g/mol. The average Bonchev–Trinajstić information content (AvgIpc) is 3.04. The van der Waals surface area contributed by atoms with Crippen LogP contribution in [0.25, 0.3) is 27.8 Å². The van der Waals surface area contributed by atoms with E-state index in [0.29, 0.717) is 0 Å². The molecule has 86 valence electrons. The summed E-state index contributed by atoms with van der Waals surface area (Å²) in [6.45, 7) is 0. The van der Waals surface area contributed by atoms with E-state index in [1.54, 1.807) is 4.80 Å². The van der Waals surface area contributed by atoms with Crippen LogP contribution in [0.2, 0.25) is 0 Å². The fourth-order valence-corrected chi connectivity index (χ4v) is 1.98. The number of para-hydroxylation sites is 1. The molecule has 0 radical (unpaired) electrons. The van der Waals surface area contributed by atoms with Crippen molar-refractivity contribution in [2.45, 2.75) is 0 Å². The molecule has 2 heterocycles. The van der Waals surface area contributed by atoms with Crippen molar-refractivity contribution >= 4 is 22.1 Å². The molecule has 6 heteroatoms. The van der Waals surface area contributed by atoms with Crippen molar-refractivity contribution in [3.8, 4) is 5.69 Å². The molecule has 2 aromatic carbocycles. The predicted molar refractivity (Wildman–Crippen MR) is 66.3 cm³/mol. The summed E-state index contributed by atoms with van der Waals surface area (Å²) in [7, 11) is 0. The Morgan fingerprint density at radius 3 is 2.28 bits per heavy atom. The lowest BCUT2D eigenvalue weighted by Crippen LogP contribution is -1.99. The first-order chi connectivity index (χ1) is 8.92. The van der Waals surface area contributed by atoms with Crippen LogP contribution in [0.15, 0.2) is 42.5 Å². The van der Waals surface area contributed by atoms with Crippen LogP contribution in [0, 0.1) is 0 Å². The van der Waals surface area contributed by atoms with Crippen molar-refractivity contribution in [2.75, 3.05) is 0 Å². The van der Waals surface area contributed by atoms with Crippen LogP contribution < -0.4 is 0 Å². The zero-order valence-corrected chi connectivity index (χ0v) is 9.28. The molecule has 0 aliphatic carbocycles. The van der Waals surface area contributed by atoms with Crippen molar-refractivity contribution in [3.05, 3.63) is 42.5 Å². The van der Waals surface area contributed by atoms with Gasteiger partial charge >= 0.3 is 0 Å². The molecule has 1 N–H and O–H groups in total. The first-order valence-corrected chi connectivity index (χ1v) is 5.54. The molecule has 0 spiro atoms. The first-order valence-electron chi connectivity index (χ1n) is 5.54. The fourth-order valence-electron chi connectivity index (χ4n) is 1.98. The molecular formula is C12H8N6. The van der Waals surface area contributed by atoms with Gasteiger partial charge in [0.15, 0.2) is 0 Å². The van der Waals surface area contributed by atoms with Crippen molar-refractivity contribution in [3.63, 3.8) is 0 Å². The Kier molecular flexibility index (Phi) is 1.74. The van der Waals surface area contributed by atoms with E-state index in [0.717, 1.165) is 27.8 Å². The molecule has 0 aliphatic heterocycles. The highest BCUT2D eigenvalue weighted by Gasteiger charge is 2.09. The van der Waals surface area contributed by atoms with E-state index in [2.05, 4.69) is 25.6 Å². The number of fused-ring (bicyclic) bond motifs is 2. The number of hydrogen-bond donors (Lipinski definition) is 1. The van der Waals surface area contributed by atoms with Gasteiger partial charge in [0.1, 0.15) is 27.8 Å². The van der Waals surface area contributed by atoms with E-state index in [1.807, 2.05) is 42.5 Å². The Labute approximate surface area is 101 Å². The Hall–Kier alpha value is -2.76. The minimum Gasteiger partial charge on any atom is -0.197 e. The maximum Gasteiger partial charge on any atom is 0.140 e. The Morgan fingerprint density at radius 1 is 0.778 bits per heavy atom. The highest BCUT2D eigenvalue weighted by atomic mass is 15.5. The lowest BCUT2D eigenvalue weighted by atomic mass is 10.3. The number of hydrogen-bond acceptors (Lipinski definition) is 4. The Morgan fingerprint density at radius 2 is 1.50 bits per heavy atom. The summed E-state index contributed by atoms with van der Waals surface area (Å²) >= 11 is 0. The van der Waals surface area contributed by atoms with Gasteiger partial charge in [-0.05, 0) is 24.3 Å². The van der Waals surface area contributed by atoms with E-state index in [-0.39, 0.29) is 0 Å². The third kappa shape index (κ3) is 1.22. The predicted octanol–water partition coefficient (Wildman–Crippen LogP) is 1.69. The minimum absolute atomic E-state index is 0.762. The van der Waals surface area contributed by atoms with Gasteiger partial charge in [-0.1, -0.05) is 18.2 Å². The van der Waals surface area contributed by atoms with E-state index < -0.39 is 0 Å². The van der Waals surface area contributed by atoms with E-state index in [9.17, 15) is 0 Å². The van der Waals surface area contributed by atoms with Crippen LogP contribution in [-0.2, 0) is 0 Å². The van der Waals surface area contributed by atoms with Gasteiger partial charge in [-0.15, -0.1) is 15.0 Å². The summed E-state index contributed by atoms with van der Waals surface area (Å²) in [5.41, 5.74) is 4.10. The second kappa shape index (κ2) is 3.36. The molecule has 0 atom stereocenters. The Bertz CT molecular complexity index is 811. The molecule has 2 aromatic heterocycles. The van der Waals surface area contributed by atoms with Crippen LogP contribution in [0.5, 0.6) is 0 Å². The number of aromatic amines is 1. The summed E-state index contributed by atoms with van der Waals surface area (Å²) < 4.78 is 0. The van der Waals surface area contributed by atoms with Gasteiger partial charge in [0.25, 0.3) is 0 Å². The van der Waals surface area contributed by atoms with Gasteiger partial charge in [0.2, 0.25) is 0 Å². The number of nitrogens with zero attached hydrogens (tertiary/aromatic N) is 5. The lowest BCUT2D eigenvalue weighted by Gasteiger charge is -1.98. The quantitative estimate of drug-likeness (QED) is 0.546. The topological polar surface area (TPSA) is 72.3 Å². The van der Waals surface area contributed by atoms with Gasteiger partial charge in [-0.25, -0.2) is 0 Å². The van der Waals surface area contributed by atoms with Crippen molar-refractivity contribution in [1.82, 2.24) is 30.4 Å². The first kappa shape index (κ1) is 9.29. The second-order valence-electron chi connectivity index (χ2n) is 3.95. The van der Waals surface area contributed by atoms with Crippen LogP contribution >= 0.6 is 0 Å². The summed E-state index contributed by atoms with van der Waals surface area (Å²) in [5.74, 6) is 0. The zero-order chi connectivity index (χ0) is 11.9. The molecular weight excluding hydrogens is 228 g/mol. The van der Waals surface area contributed by atoms with Crippen molar-refractivity contribution in [1.29, 1.82) is 0 Å². The van der Waals surface area contributed by atoms with Crippen LogP contribution in [0.4, 0.5) is 0 Å². The van der Waals surface area contributed by atoms with E-state index in [1.165, 1.54) is 0 Å². The normalized spacial score (nSPS) is 11.3. The number of nitrogens with one attached hydrogen (secondary N) is 1. The number of rotatable bonds is 1. The van der Waals surface area contributed by atoms with Gasteiger partial charge in [-0.2, -0.15) is 15.4 Å². The van der Waals surface area contributed by atoms with E-state index >= 15 is 0 Å². The fraction of sp³-hybridized carbons (Fsp3) is 0. The van der Waals surface area contributed by atoms with Crippen molar-refractivity contribution in [2.24, 2.45) is 0 Å². The maximum absolute atomic E-state index is 4.44. The molecule has 0 aliphatic rings. The van der Waals surface area contributed by atoms with Crippen LogP contribution in [0.1, 0.15) is 0 Å². The molecule has 0 bridgehead atoms. The SMILES string of the molecule is c1ccc2nn(-c3cccc4n[nH]nc34)nc2c1. The zero-order valence-electron chi connectivity index (χ0n) is 9.28. The maximum atomic E-state index is 4.44. The number of benzene rings is 2. The summed E-state index contributed by atoms with van der Waals surface area (Å²) in [6.07, 6.45) is 0. The molecule has 4 aromatic rings. The molecule has 18 heavy (non-hydrogen) atoms. The van der Waals surface area contributed by atoms with Gasteiger partial charge in [0.05, 0.1) is 0 Å². The second-order valence-corrected chi connectivity index (χ2v) is 3.95. The highest BCUT2D eigenvalue weighted by Crippen LogP contribution is 2.18. The average molecular weight is 236 g/mol. The highest BCUT2D eigenvalue weighted by molar-refractivity contribution is 5.83. The molecule has 0 saturated heterocycles. The van der Waals surface area contributed by atoms with E-state index in [4.69, 9.17) is 0 Å². The molecule has 0 amide bonds. The minimum atomic E-state index is 0.762. The Balaban J connectivity index is 2.04. The van der Waals surface area contributed by atoms with Gasteiger partial charge in [-0.3, -0.25) is 0 Å². The standard InChI is InChI=1S/C12H8N6/c1-2-5-9-8(4-1)15-18(16-9)11-7-3-6-10-12(11)14-17-13-10/h1-7H,(H,13,14,17). The smallest absolute Gasteiger partial charge is 0.140 e. The third-order valence-corrected chi connectivity index (χ3v) is 2.83. The number of aromatic nitrogens is 6. The van der Waals surface area contributed by atoms with Gasteiger partial charge in [0, 0.05) is 0 Å². The van der Waals surface area contributed by atoms with Crippen molar-refractivity contribution < 1.29 is 0 Å². The molecule has 0 unspecified atom stereocenters. The van der Waals surface area contributed by atoms with Crippen LogP contribution in [-0.4, -0.2) is 30.4 Å². The summed E-state index contributed by atoms with van der Waals surface area (Å²) in [4.78, 5) is 1.59.